The number of para-hydroxylation sites is 1. The van der Waals surface area contributed by atoms with Crippen molar-refractivity contribution in [3.63, 3.8) is 0 Å². The Kier molecular flexibility index (Phi) is 7.79. The number of hydrogen-bond donors (Lipinski definition) is 4. The highest BCUT2D eigenvalue weighted by molar-refractivity contribution is 8.00. The summed E-state index contributed by atoms with van der Waals surface area (Å²) < 4.78 is 0. The quantitative estimate of drug-likeness (QED) is 0.465. The predicted molar refractivity (Wildman–Crippen MR) is 111 cm³/mol. The smallest absolute Gasteiger partial charge is 0.303 e. The van der Waals surface area contributed by atoms with Gasteiger partial charge in [-0.1, -0.05) is 12.1 Å². The number of carbonyl (C=O) groups excluding carboxylic acids is 3. The van der Waals surface area contributed by atoms with Gasteiger partial charge < -0.3 is 21.5 Å². The molecule has 0 aliphatic heterocycles. The highest BCUT2D eigenvalue weighted by atomic mass is 32.2. The summed E-state index contributed by atoms with van der Waals surface area (Å²) in [7, 11) is 0. The van der Waals surface area contributed by atoms with E-state index in [9.17, 15) is 19.2 Å². The maximum Gasteiger partial charge on any atom is 0.303 e. The molecule has 5 N–H and O–H groups in total. The molecule has 0 aromatic heterocycles. The van der Waals surface area contributed by atoms with Crippen LogP contribution in [-0.2, 0) is 14.4 Å². The molecule has 1 atom stereocenters. The van der Waals surface area contributed by atoms with Gasteiger partial charge in [0.25, 0.3) is 5.91 Å². The van der Waals surface area contributed by atoms with Gasteiger partial charge in [-0.25, -0.2) is 0 Å². The summed E-state index contributed by atoms with van der Waals surface area (Å²) >= 11 is 1.31. The van der Waals surface area contributed by atoms with E-state index in [1.54, 1.807) is 55.5 Å². The van der Waals surface area contributed by atoms with Gasteiger partial charge >= 0.3 is 5.97 Å². The Labute approximate surface area is 171 Å². The number of nitrogens with two attached hydrogens (primary N) is 1. The molecule has 29 heavy (non-hydrogen) atoms. The molecule has 2 aromatic rings. The summed E-state index contributed by atoms with van der Waals surface area (Å²) in [5.41, 5.74) is 6.45. The van der Waals surface area contributed by atoms with Crippen molar-refractivity contribution < 1.29 is 24.3 Å². The molecular formula is C20H21N3O5S. The molecule has 0 spiro atoms. The Morgan fingerprint density at radius 2 is 1.66 bits per heavy atom. The van der Waals surface area contributed by atoms with Gasteiger partial charge in [-0.15, -0.1) is 11.8 Å². The number of carboxylic acid groups (broad SMARTS) is 1. The number of amides is 3. The monoisotopic (exact) mass is 415 g/mol. The maximum absolute atomic E-state index is 12.4. The highest BCUT2D eigenvalue weighted by Crippen LogP contribution is 2.26. The first-order valence-electron chi connectivity index (χ1n) is 8.74. The van der Waals surface area contributed by atoms with Gasteiger partial charge in [-0.2, -0.15) is 0 Å². The van der Waals surface area contributed by atoms with Gasteiger partial charge in [-0.05, 0) is 43.3 Å². The van der Waals surface area contributed by atoms with E-state index < -0.39 is 17.1 Å². The minimum Gasteiger partial charge on any atom is -0.481 e. The van der Waals surface area contributed by atoms with Crippen LogP contribution in [0.3, 0.4) is 0 Å². The second-order valence-corrected chi connectivity index (χ2v) is 7.54. The second-order valence-electron chi connectivity index (χ2n) is 6.13. The molecule has 0 saturated heterocycles. The molecular weight excluding hydrogens is 394 g/mol. The molecule has 0 heterocycles. The van der Waals surface area contributed by atoms with Gasteiger partial charge in [0.15, 0.2) is 0 Å². The normalized spacial score (nSPS) is 11.3. The van der Waals surface area contributed by atoms with Gasteiger partial charge in [-0.3, -0.25) is 19.2 Å². The van der Waals surface area contributed by atoms with Crippen LogP contribution in [0.5, 0.6) is 0 Å². The molecule has 0 bridgehead atoms. The van der Waals surface area contributed by atoms with Gasteiger partial charge in [0, 0.05) is 17.0 Å². The molecule has 1 unspecified atom stereocenters. The molecule has 3 amide bonds. The Morgan fingerprint density at radius 3 is 2.28 bits per heavy atom. The van der Waals surface area contributed by atoms with E-state index in [-0.39, 0.29) is 30.2 Å². The Bertz CT molecular complexity index is 915. The van der Waals surface area contributed by atoms with Crippen LogP contribution in [0.15, 0.2) is 53.4 Å². The third-order valence-electron chi connectivity index (χ3n) is 3.84. The lowest BCUT2D eigenvalue weighted by atomic mass is 10.1. The standard InChI is InChI=1S/C20H21N3O5S/c1-12(20(28)23-16-5-3-2-4-15(16)19(21)27)29-14-8-6-13(7-9-14)22-17(24)10-11-18(25)26/h2-9,12H,10-11H2,1H3,(H2,21,27)(H,22,24)(H,23,28)(H,25,26). The van der Waals surface area contributed by atoms with Crippen molar-refractivity contribution in [3.05, 3.63) is 54.1 Å². The number of hydrogen-bond acceptors (Lipinski definition) is 5. The lowest BCUT2D eigenvalue weighted by Crippen LogP contribution is -2.24. The van der Waals surface area contributed by atoms with Crippen LogP contribution in [0, 0.1) is 0 Å². The summed E-state index contributed by atoms with van der Waals surface area (Å²) in [4.78, 5) is 46.8. The lowest BCUT2D eigenvalue weighted by Gasteiger charge is -2.14. The highest BCUT2D eigenvalue weighted by Gasteiger charge is 2.17. The number of nitrogens with one attached hydrogen (secondary N) is 2. The topological polar surface area (TPSA) is 139 Å². The van der Waals surface area contributed by atoms with E-state index in [0.717, 1.165) is 4.90 Å². The number of thioether (sulfide) groups is 1. The third kappa shape index (κ3) is 6.96. The number of anilines is 2. The number of rotatable bonds is 9. The average Bonchev–Trinajstić information content (AvgIpc) is 2.68. The molecule has 0 radical (unpaired) electrons. The molecule has 0 aliphatic rings. The van der Waals surface area contributed by atoms with Crippen molar-refractivity contribution in [3.8, 4) is 0 Å². The summed E-state index contributed by atoms with van der Waals surface area (Å²) in [5.74, 6) is -2.32. The Hall–Kier alpha value is -3.33. The Morgan fingerprint density at radius 1 is 1.00 bits per heavy atom. The molecule has 8 nitrogen and oxygen atoms in total. The maximum atomic E-state index is 12.4. The zero-order chi connectivity index (χ0) is 21.4. The van der Waals surface area contributed by atoms with E-state index in [1.807, 2.05) is 0 Å². The molecule has 0 fully saturated rings. The minimum absolute atomic E-state index is 0.101. The lowest BCUT2D eigenvalue weighted by molar-refractivity contribution is -0.138. The molecule has 152 valence electrons. The molecule has 2 rings (SSSR count). The van der Waals surface area contributed by atoms with E-state index in [4.69, 9.17) is 10.8 Å². The van der Waals surface area contributed by atoms with Crippen molar-refractivity contribution >= 4 is 46.8 Å². The zero-order valence-electron chi connectivity index (χ0n) is 15.7. The third-order valence-corrected chi connectivity index (χ3v) is 4.95. The zero-order valence-corrected chi connectivity index (χ0v) is 16.5. The molecule has 0 saturated carbocycles. The van der Waals surface area contributed by atoms with Crippen molar-refractivity contribution in [1.82, 2.24) is 0 Å². The molecule has 9 heteroatoms. The van der Waals surface area contributed by atoms with Crippen molar-refractivity contribution in [2.75, 3.05) is 10.6 Å². The van der Waals surface area contributed by atoms with Gasteiger partial charge in [0.1, 0.15) is 0 Å². The Balaban J connectivity index is 1.92. The van der Waals surface area contributed by atoms with E-state index in [2.05, 4.69) is 10.6 Å². The van der Waals surface area contributed by atoms with Crippen LogP contribution in [0.2, 0.25) is 0 Å². The summed E-state index contributed by atoms with van der Waals surface area (Å²) in [5, 5.41) is 13.5. The van der Waals surface area contributed by atoms with Crippen LogP contribution in [0.4, 0.5) is 11.4 Å². The number of carboxylic acids is 1. The predicted octanol–water partition coefficient (Wildman–Crippen LogP) is 2.71. The van der Waals surface area contributed by atoms with E-state index in [0.29, 0.717) is 11.4 Å². The number of primary amides is 1. The van der Waals surface area contributed by atoms with Crippen molar-refractivity contribution in [2.24, 2.45) is 5.73 Å². The van der Waals surface area contributed by atoms with Crippen LogP contribution in [0.1, 0.15) is 30.1 Å². The van der Waals surface area contributed by atoms with Crippen LogP contribution in [0.25, 0.3) is 0 Å². The van der Waals surface area contributed by atoms with Crippen molar-refractivity contribution in [1.29, 1.82) is 0 Å². The molecule has 2 aromatic carbocycles. The van der Waals surface area contributed by atoms with Crippen molar-refractivity contribution in [2.45, 2.75) is 29.9 Å². The first-order chi connectivity index (χ1) is 13.8. The number of carbonyl (C=O) groups is 4. The van der Waals surface area contributed by atoms with Gasteiger partial charge in [0.2, 0.25) is 11.8 Å². The first kappa shape index (κ1) is 22.0. The molecule has 0 aliphatic carbocycles. The fourth-order valence-electron chi connectivity index (χ4n) is 2.36. The SMILES string of the molecule is CC(Sc1ccc(NC(=O)CCC(=O)O)cc1)C(=O)Nc1ccccc1C(N)=O. The summed E-state index contributed by atoms with van der Waals surface area (Å²) in [6.07, 6.45) is -0.332. The number of aliphatic carboxylic acids is 1. The van der Waals surface area contributed by atoms with Gasteiger partial charge in [0.05, 0.1) is 22.9 Å². The fourth-order valence-corrected chi connectivity index (χ4v) is 3.23. The summed E-state index contributed by atoms with van der Waals surface area (Å²) in [6, 6.07) is 13.4. The second kappa shape index (κ2) is 10.3. The first-order valence-corrected chi connectivity index (χ1v) is 9.62. The van der Waals surface area contributed by atoms with Crippen LogP contribution < -0.4 is 16.4 Å². The minimum atomic E-state index is -1.03. The number of benzene rings is 2. The van der Waals surface area contributed by atoms with E-state index >= 15 is 0 Å². The largest absolute Gasteiger partial charge is 0.481 e. The van der Waals surface area contributed by atoms with Crippen LogP contribution in [-0.4, -0.2) is 34.0 Å². The summed E-state index contributed by atoms with van der Waals surface area (Å²) in [6.45, 7) is 1.73. The van der Waals surface area contributed by atoms with E-state index in [1.165, 1.54) is 11.8 Å². The fraction of sp³-hybridized carbons (Fsp3) is 0.200. The van der Waals surface area contributed by atoms with Crippen LogP contribution >= 0.6 is 11.8 Å². The average molecular weight is 415 g/mol.